The molecule has 1 unspecified atom stereocenters. The summed E-state index contributed by atoms with van der Waals surface area (Å²) in [4.78, 5) is 19.8. The summed E-state index contributed by atoms with van der Waals surface area (Å²) >= 11 is 0. The lowest BCUT2D eigenvalue weighted by atomic mass is 10.1. The average Bonchev–Trinajstić information content (AvgIpc) is 2.66. The van der Waals surface area contributed by atoms with E-state index in [1.54, 1.807) is 0 Å². The van der Waals surface area contributed by atoms with Gasteiger partial charge in [0.2, 0.25) is 5.67 Å². The van der Waals surface area contributed by atoms with E-state index in [4.69, 9.17) is 5.73 Å². The van der Waals surface area contributed by atoms with Crippen LogP contribution >= 0.6 is 0 Å². The predicted molar refractivity (Wildman–Crippen MR) is 56.6 cm³/mol. The zero-order chi connectivity index (χ0) is 12.6. The minimum absolute atomic E-state index is 0.0123. The molecule has 0 aromatic carbocycles. The molecule has 0 saturated carbocycles. The Balaban J connectivity index is 2.27. The number of nitrogens with two attached hydrogens (primary N) is 1. The number of alkyl halides is 1. The molecule has 0 bridgehead atoms. The highest BCUT2D eigenvalue weighted by molar-refractivity contribution is 5.85. The van der Waals surface area contributed by atoms with Gasteiger partial charge in [0.1, 0.15) is 6.33 Å². The van der Waals surface area contributed by atoms with Gasteiger partial charge in [-0.15, -0.1) is 0 Å². The fraction of sp³-hybridized carbons (Fsp3) is 0.500. The van der Waals surface area contributed by atoms with Gasteiger partial charge in [0, 0.05) is 13.0 Å². The smallest absolute Gasteiger partial charge is 0.257 e. The van der Waals surface area contributed by atoms with E-state index in [2.05, 4.69) is 9.97 Å². The van der Waals surface area contributed by atoms with Gasteiger partial charge in [-0.2, -0.15) is 0 Å². The maximum Gasteiger partial charge on any atom is 0.257 e. The van der Waals surface area contributed by atoms with Crippen LogP contribution in [0.4, 0.5) is 14.6 Å². The van der Waals surface area contributed by atoms with Crippen molar-refractivity contribution in [1.82, 2.24) is 9.97 Å². The van der Waals surface area contributed by atoms with Gasteiger partial charge < -0.3 is 10.6 Å². The van der Waals surface area contributed by atoms with Gasteiger partial charge in [-0.1, -0.05) is 0 Å². The monoisotopic (exact) mass is 242 g/mol. The van der Waals surface area contributed by atoms with Crippen molar-refractivity contribution in [3.8, 4) is 0 Å². The van der Waals surface area contributed by atoms with E-state index >= 15 is 0 Å². The third-order valence-electron chi connectivity index (χ3n) is 2.91. The maximum atomic E-state index is 13.9. The number of halogens is 2. The fourth-order valence-electron chi connectivity index (χ4n) is 1.82. The summed E-state index contributed by atoms with van der Waals surface area (Å²) in [5.74, 6) is -1.61. The van der Waals surface area contributed by atoms with Crippen molar-refractivity contribution in [1.29, 1.82) is 0 Å². The van der Waals surface area contributed by atoms with E-state index in [0.717, 1.165) is 0 Å². The van der Waals surface area contributed by atoms with Gasteiger partial charge in [-0.25, -0.2) is 18.7 Å². The SMILES string of the molecule is Cc1ncnc(N2CCC(F)(C(N)=O)C2)c1F. The Morgan fingerprint density at radius 1 is 1.59 bits per heavy atom. The Hall–Kier alpha value is -1.79. The Morgan fingerprint density at radius 2 is 2.29 bits per heavy atom. The highest BCUT2D eigenvalue weighted by Gasteiger charge is 2.44. The molecule has 1 aromatic rings. The fourth-order valence-corrected chi connectivity index (χ4v) is 1.82. The summed E-state index contributed by atoms with van der Waals surface area (Å²) < 4.78 is 27.6. The van der Waals surface area contributed by atoms with Crippen molar-refractivity contribution in [2.24, 2.45) is 5.73 Å². The number of amides is 1. The van der Waals surface area contributed by atoms with E-state index < -0.39 is 17.4 Å². The second kappa shape index (κ2) is 3.90. The van der Waals surface area contributed by atoms with Gasteiger partial charge in [0.25, 0.3) is 5.91 Å². The summed E-state index contributed by atoms with van der Waals surface area (Å²) in [6.45, 7) is 1.43. The van der Waals surface area contributed by atoms with Crippen LogP contribution < -0.4 is 10.6 Å². The van der Waals surface area contributed by atoms with Crippen LogP contribution in [-0.4, -0.2) is 34.6 Å². The second-order valence-corrected chi connectivity index (χ2v) is 4.10. The normalized spacial score (nSPS) is 24.1. The Labute approximate surface area is 96.6 Å². The molecular weight excluding hydrogens is 230 g/mol. The number of anilines is 1. The molecule has 7 heteroatoms. The van der Waals surface area contributed by atoms with Crippen LogP contribution in [-0.2, 0) is 4.79 Å². The number of hydrogen-bond acceptors (Lipinski definition) is 4. The molecule has 1 aromatic heterocycles. The summed E-state index contributed by atoms with van der Waals surface area (Å²) in [5.41, 5.74) is 3.05. The number of hydrogen-bond donors (Lipinski definition) is 1. The number of aromatic nitrogens is 2. The molecular formula is C10H12F2N4O. The molecule has 1 aliphatic heterocycles. The quantitative estimate of drug-likeness (QED) is 0.811. The lowest BCUT2D eigenvalue weighted by molar-refractivity contribution is -0.128. The van der Waals surface area contributed by atoms with E-state index in [9.17, 15) is 13.6 Å². The second-order valence-electron chi connectivity index (χ2n) is 4.10. The van der Waals surface area contributed by atoms with Crippen LogP contribution in [0, 0.1) is 12.7 Å². The summed E-state index contributed by atoms with van der Waals surface area (Å²) in [7, 11) is 0. The summed E-state index contributed by atoms with van der Waals surface area (Å²) in [6.07, 6.45) is 1.15. The lowest BCUT2D eigenvalue weighted by Gasteiger charge is -2.19. The first-order valence-electron chi connectivity index (χ1n) is 5.15. The Kier molecular flexibility index (Phi) is 2.68. The highest BCUT2D eigenvalue weighted by Crippen LogP contribution is 2.30. The molecule has 17 heavy (non-hydrogen) atoms. The third-order valence-corrected chi connectivity index (χ3v) is 2.91. The topological polar surface area (TPSA) is 72.1 Å². The van der Waals surface area contributed by atoms with Crippen molar-refractivity contribution < 1.29 is 13.6 Å². The largest absolute Gasteiger partial charge is 0.367 e. The number of carbonyl (C=O) groups excluding carboxylic acids is 1. The molecule has 1 amide bonds. The first kappa shape index (κ1) is 11.7. The minimum Gasteiger partial charge on any atom is -0.367 e. The Morgan fingerprint density at radius 3 is 2.88 bits per heavy atom. The van der Waals surface area contributed by atoms with E-state index in [1.165, 1.54) is 18.2 Å². The van der Waals surface area contributed by atoms with Gasteiger partial charge in [0.05, 0.1) is 12.2 Å². The summed E-state index contributed by atoms with van der Waals surface area (Å²) in [6, 6.07) is 0. The molecule has 5 nitrogen and oxygen atoms in total. The number of primary amides is 1. The molecule has 1 atom stereocenters. The highest BCUT2D eigenvalue weighted by atomic mass is 19.1. The number of nitrogens with zero attached hydrogens (tertiary/aromatic N) is 3. The Bertz CT molecular complexity index is 468. The van der Waals surface area contributed by atoms with Crippen LogP contribution in [0.2, 0.25) is 0 Å². The number of rotatable bonds is 2. The zero-order valence-electron chi connectivity index (χ0n) is 9.28. The molecule has 0 radical (unpaired) electrons. The predicted octanol–water partition coefficient (Wildman–Crippen LogP) is 0.328. The van der Waals surface area contributed by atoms with Crippen molar-refractivity contribution >= 4 is 11.7 Å². The zero-order valence-corrected chi connectivity index (χ0v) is 9.28. The first-order chi connectivity index (χ1) is 7.94. The molecule has 2 N–H and O–H groups in total. The lowest BCUT2D eigenvalue weighted by Crippen LogP contribution is -2.42. The van der Waals surface area contributed by atoms with Crippen LogP contribution in [0.3, 0.4) is 0 Å². The third kappa shape index (κ3) is 1.92. The van der Waals surface area contributed by atoms with Crippen LogP contribution in [0.15, 0.2) is 6.33 Å². The van der Waals surface area contributed by atoms with Crippen molar-refractivity contribution in [2.75, 3.05) is 18.0 Å². The van der Waals surface area contributed by atoms with Crippen molar-refractivity contribution in [2.45, 2.75) is 19.0 Å². The van der Waals surface area contributed by atoms with E-state index in [0.29, 0.717) is 0 Å². The molecule has 1 aliphatic rings. The molecule has 0 spiro atoms. The van der Waals surface area contributed by atoms with E-state index in [1.807, 2.05) is 0 Å². The van der Waals surface area contributed by atoms with E-state index in [-0.39, 0.29) is 31.0 Å². The van der Waals surface area contributed by atoms with Crippen LogP contribution in [0.25, 0.3) is 0 Å². The van der Waals surface area contributed by atoms with Crippen LogP contribution in [0.1, 0.15) is 12.1 Å². The average molecular weight is 242 g/mol. The van der Waals surface area contributed by atoms with Gasteiger partial charge >= 0.3 is 0 Å². The van der Waals surface area contributed by atoms with Crippen molar-refractivity contribution in [3.63, 3.8) is 0 Å². The summed E-state index contributed by atoms with van der Waals surface area (Å²) in [5, 5.41) is 0. The molecule has 2 heterocycles. The van der Waals surface area contributed by atoms with Crippen LogP contribution in [0.5, 0.6) is 0 Å². The minimum atomic E-state index is -2.11. The van der Waals surface area contributed by atoms with Gasteiger partial charge in [-0.3, -0.25) is 4.79 Å². The maximum absolute atomic E-state index is 13.9. The molecule has 0 aliphatic carbocycles. The number of carbonyl (C=O) groups is 1. The van der Waals surface area contributed by atoms with Gasteiger partial charge in [0.15, 0.2) is 11.6 Å². The molecule has 1 saturated heterocycles. The molecule has 1 fully saturated rings. The molecule has 2 rings (SSSR count). The van der Waals surface area contributed by atoms with Crippen molar-refractivity contribution in [3.05, 3.63) is 17.8 Å². The number of aryl methyl sites for hydroxylation is 1. The van der Waals surface area contributed by atoms with Gasteiger partial charge in [-0.05, 0) is 6.92 Å². The standard InChI is InChI=1S/C10H12F2N4O/c1-6-7(11)8(15-5-14-6)16-3-2-10(12,4-16)9(13)17/h5H,2-4H2,1H3,(H2,13,17). The molecule has 92 valence electrons. The first-order valence-corrected chi connectivity index (χ1v) is 5.15.